The van der Waals surface area contributed by atoms with Crippen molar-refractivity contribution in [3.63, 3.8) is 0 Å². The summed E-state index contributed by atoms with van der Waals surface area (Å²) in [7, 11) is 1.64. The van der Waals surface area contributed by atoms with Crippen LogP contribution in [0.1, 0.15) is 5.56 Å². The second-order valence-corrected chi connectivity index (χ2v) is 4.89. The van der Waals surface area contributed by atoms with E-state index in [1.807, 2.05) is 24.3 Å². The standard InChI is InChI=1S/C13H12BrN3O3/c1-15-12-6-11(17(18)19)7-13(16-12)20-8-9-2-4-10(14)5-3-9/h2-7H,8H2,1H3,(H,15,16). The van der Waals surface area contributed by atoms with E-state index in [2.05, 4.69) is 26.2 Å². The monoisotopic (exact) mass is 337 g/mol. The van der Waals surface area contributed by atoms with Crippen LogP contribution >= 0.6 is 15.9 Å². The molecule has 0 amide bonds. The van der Waals surface area contributed by atoms with Crippen LogP contribution in [-0.4, -0.2) is 17.0 Å². The second kappa shape index (κ2) is 6.33. The first-order valence-electron chi connectivity index (χ1n) is 5.80. The number of hydrogen-bond donors (Lipinski definition) is 1. The average Bonchev–Trinajstić information content (AvgIpc) is 2.46. The first-order valence-corrected chi connectivity index (χ1v) is 6.59. The van der Waals surface area contributed by atoms with Crippen LogP contribution in [0, 0.1) is 10.1 Å². The van der Waals surface area contributed by atoms with Crippen LogP contribution in [0.25, 0.3) is 0 Å². The summed E-state index contributed by atoms with van der Waals surface area (Å²) < 4.78 is 6.47. The van der Waals surface area contributed by atoms with Gasteiger partial charge in [-0.3, -0.25) is 10.1 Å². The van der Waals surface area contributed by atoms with Crippen molar-refractivity contribution < 1.29 is 9.66 Å². The van der Waals surface area contributed by atoms with Gasteiger partial charge in [0.25, 0.3) is 5.69 Å². The Labute approximate surface area is 124 Å². The van der Waals surface area contributed by atoms with E-state index in [0.29, 0.717) is 12.4 Å². The number of nitro groups is 1. The van der Waals surface area contributed by atoms with Crippen molar-refractivity contribution in [1.82, 2.24) is 4.98 Å². The SMILES string of the molecule is CNc1cc([N+](=O)[O-])cc(OCc2ccc(Br)cc2)n1. The maximum atomic E-state index is 10.8. The Morgan fingerprint density at radius 3 is 2.65 bits per heavy atom. The van der Waals surface area contributed by atoms with E-state index in [4.69, 9.17) is 4.74 Å². The number of aromatic nitrogens is 1. The lowest BCUT2D eigenvalue weighted by atomic mass is 10.2. The minimum Gasteiger partial charge on any atom is -0.473 e. The van der Waals surface area contributed by atoms with Crippen molar-refractivity contribution in [2.45, 2.75) is 6.61 Å². The van der Waals surface area contributed by atoms with Gasteiger partial charge < -0.3 is 10.1 Å². The van der Waals surface area contributed by atoms with Gasteiger partial charge in [0.1, 0.15) is 12.4 Å². The Balaban J connectivity index is 2.14. The molecular formula is C13H12BrN3O3. The van der Waals surface area contributed by atoms with E-state index < -0.39 is 4.92 Å². The summed E-state index contributed by atoms with van der Waals surface area (Å²) in [6, 6.07) is 10.3. The molecule has 1 aromatic carbocycles. The molecule has 6 nitrogen and oxygen atoms in total. The summed E-state index contributed by atoms with van der Waals surface area (Å²) >= 11 is 3.35. The minimum atomic E-state index is -0.477. The Morgan fingerprint density at radius 2 is 2.05 bits per heavy atom. The van der Waals surface area contributed by atoms with Crippen molar-refractivity contribution >= 4 is 27.4 Å². The van der Waals surface area contributed by atoms with Gasteiger partial charge in [-0.1, -0.05) is 28.1 Å². The molecule has 0 fully saturated rings. The van der Waals surface area contributed by atoms with Crippen molar-refractivity contribution in [2.75, 3.05) is 12.4 Å². The molecule has 20 heavy (non-hydrogen) atoms. The van der Waals surface area contributed by atoms with Crippen LogP contribution in [0.4, 0.5) is 11.5 Å². The van der Waals surface area contributed by atoms with Gasteiger partial charge in [0.2, 0.25) is 5.88 Å². The summed E-state index contributed by atoms with van der Waals surface area (Å²) in [4.78, 5) is 14.5. The fourth-order valence-corrected chi connectivity index (χ4v) is 1.80. The average molecular weight is 338 g/mol. The van der Waals surface area contributed by atoms with Gasteiger partial charge in [0.15, 0.2) is 0 Å². The zero-order valence-electron chi connectivity index (χ0n) is 10.7. The van der Waals surface area contributed by atoms with Gasteiger partial charge in [0, 0.05) is 11.5 Å². The molecule has 0 radical (unpaired) electrons. The molecule has 1 N–H and O–H groups in total. The lowest BCUT2D eigenvalue weighted by Gasteiger charge is -2.07. The quantitative estimate of drug-likeness (QED) is 0.668. The maximum Gasteiger partial charge on any atom is 0.278 e. The summed E-state index contributed by atoms with van der Waals surface area (Å²) in [5, 5.41) is 13.6. The predicted molar refractivity (Wildman–Crippen MR) is 78.9 cm³/mol. The summed E-state index contributed by atoms with van der Waals surface area (Å²) in [6.45, 7) is 0.296. The van der Waals surface area contributed by atoms with Gasteiger partial charge >= 0.3 is 0 Å². The highest BCUT2D eigenvalue weighted by molar-refractivity contribution is 9.10. The molecule has 7 heteroatoms. The van der Waals surface area contributed by atoms with Crippen molar-refractivity contribution in [2.24, 2.45) is 0 Å². The van der Waals surface area contributed by atoms with E-state index in [0.717, 1.165) is 10.0 Å². The van der Waals surface area contributed by atoms with E-state index in [1.54, 1.807) is 7.05 Å². The Bertz CT molecular complexity index is 617. The number of ether oxygens (including phenoxy) is 1. The molecule has 0 aliphatic heterocycles. The lowest BCUT2D eigenvalue weighted by Crippen LogP contribution is -2.01. The van der Waals surface area contributed by atoms with E-state index in [9.17, 15) is 10.1 Å². The van der Waals surface area contributed by atoms with Gasteiger partial charge in [-0.2, -0.15) is 4.98 Å². The molecule has 0 unspecified atom stereocenters. The molecule has 104 valence electrons. The number of benzene rings is 1. The molecule has 1 aromatic heterocycles. The third kappa shape index (κ3) is 3.67. The highest BCUT2D eigenvalue weighted by Gasteiger charge is 2.11. The maximum absolute atomic E-state index is 10.8. The molecule has 1 heterocycles. The number of rotatable bonds is 5. The van der Waals surface area contributed by atoms with Crippen LogP contribution in [0.5, 0.6) is 5.88 Å². The van der Waals surface area contributed by atoms with E-state index >= 15 is 0 Å². The number of anilines is 1. The van der Waals surface area contributed by atoms with Crippen LogP contribution in [0.15, 0.2) is 40.9 Å². The van der Waals surface area contributed by atoms with Crippen molar-refractivity contribution in [3.8, 4) is 5.88 Å². The molecule has 2 aromatic rings. The zero-order chi connectivity index (χ0) is 14.5. The van der Waals surface area contributed by atoms with Gasteiger partial charge in [-0.05, 0) is 17.7 Å². The summed E-state index contributed by atoms with van der Waals surface area (Å²) in [5.74, 6) is 0.608. The highest BCUT2D eigenvalue weighted by atomic mass is 79.9. The predicted octanol–water partition coefficient (Wildman–Crippen LogP) is 3.37. The number of nitrogens with zero attached hydrogens (tertiary/aromatic N) is 2. The molecule has 2 rings (SSSR count). The van der Waals surface area contributed by atoms with Gasteiger partial charge in [0.05, 0.1) is 17.1 Å². The molecule has 0 aliphatic carbocycles. The highest BCUT2D eigenvalue weighted by Crippen LogP contribution is 2.22. The van der Waals surface area contributed by atoms with Gasteiger partial charge in [-0.15, -0.1) is 0 Å². The number of nitrogens with one attached hydrogen (secondary N) is 1. The number of pyridine rings is 1. The third-order valence-corrected chi connectivity index (χ3v) is 3.08. The van der Waals surface area contributed by atoms with Crippen LogP contribution < -0.4 is 10.1 Å². The molecular weight excluding hydrogens is 326 g/mol. The smallest absolute Gasteiger partial charge is 0.278 e. The molecule has 0 aliphatic rings. The third-order valence-electron chi connectivity index (χ3n) is 2.55. The largest absolute Gasteiger partial charge is 0.473 e. The Morgan fingerprint density at radius 1 is 1.35 bits per heavy atom. The topological polar surface area (TPSA) is 77.3 Å². The van der Waals surface area contributed by atoms with Crippen molar-refractivity contribution in [1.29, 1.82) is 0 Å². The van der Waals surface area contributed by atoms with E-state index in [1.165, 1.54) is 12.1 Å². The lowest BCUT2D eigenvalue weighted by molar-refractivity contribution is -0.384. The normalized spacial score (nSPS) is 10.1. The fraction of sp³-hybridized carbons (Fsp3) is 0.154. The second-order valence-electron chi connectivity index (χ2n) is 3.97. The number of hydrogen-bond acceptors (Lipinski definition) is 5. The molecule has 0 spiro atoms. The minimum absolute atomic E-state index is 0.0600. The summed E-state index contributed by atoms with van der Waals surface area (Å²) in [6.07, 6.45) is 0. The molecule has 0 bridgehead atoms. The number of halogens is 1. The Hall–Kier alpha value is -2.15. The Kier molecular flexibility index (Phi) is 4.52. The molecule has 0 saturated carbocycles. The fourth-order valence-electron chi connectivity index (χ4n) is 1.54. The molecule has 0 saturated heterocycles. The van der Waals surface area contributed by atoms with Gasteiger partial charge in [-0.25, -0.2) is 0 Å². The van der Waals surface area contributed by atoms with Crippen molar-refractivity contribution in [3.05, 3.63) is 56.5 Å². The molecule has 0 atom stereocenters. The first kappa shape index (κ1) is 14.3. The van der Waals surface area contributed by atoms with Crippen LogP contribution in [0.2, 0.25) is 0 Å². The first-order chi connectivity index (χ1) is 9.58. The van der Waals surface area contributed by atoms with E-state index in [-0.39, 0.29) is 11.6 Å². The van der Waals surface area contributed by atoms with Crippen LogP contribution in [0.3, 0.4) is 0 Å². The zero-order valence-corrected chi connectivity index (χ0v) is 12.3. The van der Waals surface area contributed by atoms with Crippen LogP contribution in [-0.2, 0) is 6.61 Å². The summed E-state index contributed by atoms with van der Waals surface area (Å²) in [5.41, 5.74) is 0.891.